The third-order valence-electron chi connectivity index (χ3n) is 3.97. The maximum atomic E-state index is 13.8. The Morgan fingerprint density at radius 3 is 2.67 bits per heavy atom. The van der Waals surface area contributed by atoms with Crippen LogP contribution in [0.15, 0.2) is 44.4 Å². The van der Waals surface area contributed by atoms with Gasteiger partial charge in [-0.25, -0.2) is 4.39 Å². The lowest BCUT2D eigenvalue weighted by atomic mass is 9.91. The first-order valence-electron chi connectivity index (χ1n) is 8.61. The van der Waals surface area contributed by atoms with Gasteiger partial charge in [-0.2, -0.15) is 0 Å². The summed E-state index contributed by atoms with van der Waals surface area (Å²) in [5, 5.41) is 10.2. The van der Waals surface area contributed by atoms with Crippen LogP contribution in [-0.4, -0.2) is 18.2 Å². The molecule has 0 amide bonds. The van der Waals surface area contributed by atoms with E-state index >= 15 is 0 Å². The number of benzene rings is 1. The van der Waals surface area contributed by atoms with Crippen molar-refractivity contribution < 1.29 is 23.4 Å². The normalized spacial score (nSPS) is 12.2. The average Bonchev–Trinajstić information content (AvgIpc) is 2.62. The number of hydrogen-bond donors (Lipinski definition) is 1. The minimum absolute atomic E-state index is 0.00487. The number of esters is 1. The summed E-state index contributed by atoms with van der Waals surface area (Å²) in [6.07, 6.45) is 0.532. The summed E-state index contributed by atoms with van der Waals surface area (Å²) in [6.45, 7) is 3.94. The molecule has 1 aromatic heterocycles. The van der Waals surface area contributed by atoms with Crippen LogP contribution in [0.4, 0.5) is 4.39 Å². The molecule has 27 heavy (non-hydrogen) atoms. The van der Waals surface area contributed by atoms with Gasteiger partial charge in [0.1, 0.15) is 11.6 Å². The van der Waals surface area contributed by atoms with Crippen LogP contribution in [0.2, 0.25) is 0 Å². The standard InChI is InChI=1S/C20H23FO5S/c1-12(2)8-13(9-18(23)25-3)20-19(24)16(22)10-14(26-20)11-27-17-7-5-4-6-15(17)21/h4-7,10,12-13,24H,8-9,11H2,1-3H3/t13-/m1/s1. The van der Waals surface area contributed by atoms with Crippen LogP contribution in [0, 0.1) is 11.7 Å². The summed E-state index contributed by atoms with van der Waals surface area (Å²) < 4.78 is 24.2. The molecule has 0 aliphatic heterocycles. The predicted molar refractivity (Wildman–Crippen MR) is 101 cm³/mol. The maximum absolute atomic E-state index is 13.8. The first kappa shape index (κ1) is 21.0. The maximum Gasteiger partial charge on any atom is 0.306 e. The Kier molecular flexibility index (Phi) is 7.47. The third-order valence-corrected chi connectivity index (χ3v) is 5.04. The van der Waals surface area contributed by atoms with Crippen molar-refractivity contribution in [2.24, 2.45) is 5.92 Å². The number of methoxy groups -OCH3 is 1. The zero-order chi connectivity index (χ0) is 20.0. The summed E-state index contributed by atoms with van der Waals surface area (Å²) in [5.41, 5.74) is -0.584. The largest absolute Gasteiger partial charge is 0.502 e. The van der Waals surface area contributed by atoms with Crippen LogP contribution >= 0.6 is 11.8 Å². The van der Waals surface area contributed by atoms with E-state index in [1.165, 1.54) is 31.0 Å². The number of carbonyl (C=O) groups excluding carboxylic acids is 1. The Morgan fingerprint density at radius 2 is 2.04 bits per heavy atom. The second-order valence-corrected chi connectivity index (χ2v) is 7.63. The average molecular weight is 394 g/mol. The number of rotatable bonds is 8. The molecule has 0 aliphatic rings. The van der Waals surface area contributed by atoms with Gasteiger partial charge in [0.15, 0.2) is 5.76 Å². The molecule has 1 atom stereocenters. The fourth-order valence-electron chi connectivity index (χ4n) is 2.75. The van der Waals surface area contributed by atoms with Crippen molar-refractivity contribution in [3.63, 3.8) is 0 Å². The van der Waals surface area contributed by atoms with Crippen LogP contribution < -0.4 is 5.43 Å². The molecular formula is C20H23FO5S. The Labute approximate surface area is 161 Å². The van der Waals surface area contributed by atoms with Crippen molar-refractivity contribution >= 4 is 17.7 Å². The van der Waals surface area contributed by atoms with Gasteiger partial charge >= 0.3 is 5.97 Å². The number of thioether (sulfide) groups is 1. The van der Waals surface area contributed by atoms with Gasteiger partial charge in [0.2, 0.25) is 11.2 Å². The molecule has 0 spiro atoms. The van der Waals surface area contributed by atoms with E-state index in [9.17, 15) is 19.1 Å². The Hall–Kier alpha value is -2.28. The van der Waals surface area contributed by atoms with Gasteiger partial charge in [-0.05, 0) is 24.5 Å². The van der Waals surface area contributed by atoms with Crippen molar-refractivity contribution in [1.82, 2.24) is 0 Å². The molecule has 0 saturated heterocycles. The number of halogens is 1. The lowest BCUT2D eigenvalue weighted by Crippen LogP contribution is -2.14. The number of hydrogen-bond acceptors (Lipinski definition) is 6. The van der Waals surface area contributed by atoms with Crippen LogP contribution in [0.25, 0.3) is 0 Å². The van der Waals surface area contributed by atoms with E-state index in [1.54, 1.807) is 18.2 Å². The fraction of sp³-hybridized carbons (Fsp3) is 0.400. The highest BCUT2D eigenvalue weighted by Gasteiger charge is 2.25. The van der Waals surface area contributed by atoms with Gasteiger partial charge in [-0.15, -0.1) is 11.8 Å². The minimum atomic E-state index is -0.584. The van der Waals surface area contributed by atoms with Gasteiger partial charge in [-0.3, -0.25) is 9.59 Å². The quantitative estimate of drug-likeness (QED) is 0.526. The highest BCUT2D eigenvalue weighted by atomic mass is 32.2. The molecule has 0 unspecified atom stereocenters. The first-order chi connectivity index (χ1) is 12.8. The van der Waals surface area contributed by atoms with E-state index in [0.29, 0.717) is 17.1 Å². The Balaban J connectivity index is 2.30. The molecule has 1 aromatic carbocycles. The predicted octanol–water partition coefficient (Wildman–Crippen LogP) is 4.47. The smallest absolute Gasteiger partial charge is 0.306 e. The molecule has 0 aliphatic carbocycles. The van der Waals surface area contributed by atoms with E-state index < -0.39 is 23.1 Å². The SMILES string of the molecule is COC(=O)C[C@@H](CC(C)C)c1oc(CSc2ccccc2F)cc(=O)c1O. The van der Waals surface area contributed by atoms with E-state index in [0.717, 1.165) is 0 Å². The lowest BCUT2D eigenvalue weighted by Gasteiger charge is -2.18. The second kappa shape index (κ2) is 9.60. The molecule has 146 valence electrons. The third kappa shape index (κ3) is 5.85. The first-order valence-corrected chi connectivity index (χ1v) is 9.60. The van der Waals surface area contributed by atoms with Crippen molar-refractivity contribution in [3.05, 3.63) is 57.9 Å². The van der Waals surface area contributed by atoms with Gasteiger partial charge in [0.05, 0.1) is 19.3 Å². The van der Waals surface area contributed by atoms with Gasteiger partial charge in [0.25, 0.3) is 0 Å². The highest BCUT2D eigenvalue weighted by Crippen LogP contribution is 2.34. The van der Waals surface area contributed by atoms with Crippen molar-refractivity contribution in [1.29, 1.82) is 0 Å². The summed E-state index contributed by atoms with van der Waals surface area (Å²) in [7, 11) is 1.28. The number of aromatic hydroxyl groups is 1. The molecule has 1 N–H and O–H groups in total. The molecule has 0 fully saturated rings. The van der Waals surface area contributed by atoms with Gasteiger partial charge < -0.3 is 14.3 Å². The minimum Gasteiger partial charge on any atom is -0.502 e. The summed E-state index contributed by atoms with van der Waals surface area (Å²) in [6, 6.07) is 7.51. The summed E-state index contributed by atoms with van der Waals surface area (Å²) in [4.78, 5) is 24.3. The number of ether oxygens (including phenoxy) is 1. The molecule has 2 rings (SSSR count). The highest BCUT2D eigenvalue weighted by molar-refractivity contribution is 7.98. The molecule has 0 bridgehead atoms. The lowest BCUT2D eigenvalue weighted by molar-refractivity contribution is -0.141. The van der Waals surface area contributed by atoms with Crippen LogP contribution in [0.5, 0.6) is 5.75 Å². The molecule has 5 nitrogen and oxygen atoms in total. The van der Waals surface area contributed by atoms with Crippen LogP contribution in [-0.2, 0) is 15.3 Å². The number of carbonyl (C=O) groups is 1. The molecule has 0 saturated carbocycles. The summed E-state index contributed by atoms with van der Waals surface area (Å²) >= 11 is 1.19. The zero-order valence-electron chi connectivity index (χ0n) is 15.5. The van der Waals surface area contributed by atoms with Crippen molar-refractivity contribution in [3.8, 4) is 5.75 Å². The molecule has 7 heteroatoms. The molecule has 2 aromatic rings. The van der Waals surface area contributed by atoms with E-state index in [2.05, 4.69) is 0 Å². The van der Waals surface area contributed by atoms with Crippen LogP contribution in [0.1, 0.15) is 44.1 Å². The van der Waals surface area contributed by atoms with Crippen LogP contribution in [0.3, 0.4) is 0 Å². The summed E-state index contributed by atoms with van der Waals surface area (Å²) in [5.74, 6) is -0.976. The van der Waals surface area contributed by atoms with Gasteiger partial charge in [-0.1, -0.05) is 26.0 Å². The van der Waals surface area contributed by atoms with Crippen molar-refractivity contribution in [2.45, 2.75) is 43.3 Å². The Morgan fingerprint density at radius 1 is 1.33 bits per heavy atom. The van der Waals surface area contributed by atoms with E-state index in [-0.39, 0.29) is 29.7 Å². The molecular weight excluding hydrogens is 371 g/mol. The fourth-order valence-corrected chi connectivity index (χ4v) is 3.57. The molecule has 0 radical (unpaired) electrons. The second-order valence-electron chi connectivity index (χ2n) is 6.62. The zero-order valence-corrected chi connectivity index (χ0v) is 16.3. The van der Waals surface area contributed by atoms with Crippen molar-refractivity contribution in [2.75, 3.05) is 7.11 Å². The van der Waals surface area contributed by atoms with Gasteiger partial charge in [0, 0.05) is 16.9 Å². The Bertz CT molecular complexity index is 847. The van der Waals surface area contributed by atoms with E-state index in [4.69, 9.17) is 9.15 Å². The molecule has 1 heterocycles. The topological polar surface area (TPSA) is 76.7 Å². The monoisotopic (exact) mass is 394 g/mol. The van der Waals surface area contributed by atoms with E-state index in [1.807, 2.05) is 13.8 Å².